The van der Waals surface area contributed by atoms with Gasteiger partial charge in [-0.2, -0.15) is 0 Å². The third-order valence-electron chi connectivity index (χ3n) is 4.28. The molecule has 1 aliphatic rings. The highest BCUT2D eigenvalue weighted by Gasteiger charge is 2.21. The first kappa shape index (κ1) is 14.3. The number of piperidine rings is 1. The Hall–Kier alpha value is -1.66. The Bertz CT molecular complexity index is 645. The molecule has 3 rings (SSSR count). The minimum Gasteiger partial charge on any atom is -0.318 e. The molecule has 0 radical (unpaired) electrons. The second-order valence-corrected chi connectivity index (χ2v) is 5.68. The SMILES string of the molecule is CNCC1CCCCN1CCn1nc2ccccn2c1=O. The Morgan fingerprint density at radius 2 is 2.24 bits per heavy atom. The Balaban J connectivity index is 1.70. The highest BCUT2D eigenvalue weighted by Crippen LogP contribution is 2.16. The van der Waals surface area contributed by atoms with Crippen LogP contribution in [0.2, 0.25) is 0 Å². The zero-order valence-electron chi connectivity index (χ0n) is 12.5. The van der Waals surface area contributed by atoms with Crippen molar-refractivity contribution in [2.75, 3.05) is 26.7 Å². The largest absolute Gasteiger partial charge is 0.350 e. The van der Waals surface area contributed by atoms with Gasteiger partial charge < -0.3 is 5.32 Å². The summed E-state index contributed by atoms with van der Waals surface area (Å²) in [5.41, 5.74) is 0.667. The summed E-state index contributed by atoms with van der Waals surface area (Å²) in [6, 6.07) is 6.20. The predicted octanol–water partition coefficient (Wildman–Crippen LogP) is 0.570. The first-order chi connectivity index (χ1) is 10.3. The lowest BCUT2D eigenvalue weighted by Crippen LogP contribution is -2.46. The molecule has 2 aromatic rings. The molecule has 0 aliphatic carbocycles. The number of hydrogen-bond donors (Lipinski definition) is 1. The van der Waals surface area contributed by atoms with Gasteiger partial charge in [0.05, 0.1) is 6.54 Å². The number of fused-ring (bicyclic) bond motifs is 1. The molecule has 0 amide bonds. The normalized spacial score (nSPS) is 20.1. The highest BCUT2D eigenvalue weighted by atomic mass is 16.2. The topological polar surface area (TPSA) is 54.6 Å². The van der Waals surface area contributed by atoms with Crippen molar-refractivity contribution >= 4 is 5.65 Å². The van der Waals surface area contributed by atoms with E-state index in [0.717, 1.165) is 19.6 Å². The van der Waals surface area contributed by atoms with Crippen LogP contribution in [0.3, 0.4) is 0 Å². The molecule has 0 bridgehead atoms. The summed E-state index contributed by atoms with van der Waals surface area (Å²) >= 11 is 0. The number of rotatable bonds is 5. The van der Waals surface area contributed by atoms with Crippen LogP contribution in [-0.4, -0.2) is 51.8 Å². The molecule has 1 N–H and O–H groups in total. The van der Waals surface area contributed by atoms with Gasteiger partial charge in [0.15, 0.2) is 5.65 Å². The zero-order valence-corrected chi connectivity index (χ0v) is 12.5. The standard InChI is InChI=1S/C15H23N5O/c1-16-12-13-6-2-4-8-18(13)10-11-20-15(21)19-9-5-3-7-14(19)17-20/h3,5,7,9,13,16H,2,4,6,8,10-12H2,1H3. The fraction of sp³-hybridized carbons (Fsp3) is 0.600. The monoisotopic (exact) mass is 289 g/mol. The maximum absolute atomic E-state index is 12.2. The summed E-state index contributed by atoms with van der Waals surface area (Å²) in [7, 11) is 2.00. The van der Waals surface area contributed by atoms with Crippen LogP contribution < -0.4 is 11.0 Å². The summed E-state index contributed by atoms with van der Waals surface area (Å²) in [6.45, 7) is 3.67. The van der Waals surface area contributed by atoms with E-state index in [0.29, 0.717) is 18.2 Å². The number of hydrogen-bond acceptors (Lipinski definition) is 4. The molecule has 6 heteroatoms. The van der Waals surface area contributed by atoms with Crippen molar-refractivity contribution in [1.82, 2.24) is 24.4 Å². The summed E-state index contributed by atoms with van der Waals surface area (Å²) in [5, 5.41) is 7.66. The van der Waals surface area contributed by atoms with Crippen molar-refractivity contribution < 1.29 is 0 Å². The lowest BCUT2D eigenvalue weighted by Gasteiger charge is -2.35. The van der Waals surface area contributed by atoms with E-state index in [9.17, 15) is 4.79 Å². The molecule has 3 heterocycles. The lowest BCUT2D eigenvalue weighted by atomic mass is 10.0. The number of aromatic nitrogens is 3. The molecule has 1 unspecified atom stereocenters. The third kappa shape index (κ3) is 3.01. The van der Waals surface area contributed by atoms with Crippen LogP contribution >= 0.6 is 0 Å². The Morgan fingerprint density at radius 1 is 1.33 bits per heavy atom. The van der Waals surface area contributed by atoms with Crippen molar-refractivity contribution in [3.05, 3.63) is 34.9 Å². The maximum Gasteiger partial charge on any atom is 0.350 e. The van der Waals surface area contributed by atoms with Gasteiger partial charge >= 0.3 is 5.69 Å². The van der Waals surface area contributed by atoms with Gasteiger partial charge in [0, 0.05) is 25.3 Å². The van der Waals surface area contributed by atoms with Crippen LogP contribution in [0.15, 0.2) is 29.2 Å². The fourth-order valence-corrected chi connectivity index (χ4v) is 3.16. The second kappa shape index (κ2) is 6.41. The van der Waals surface area contributed by atoms with Gasteiger partial charge in [-0.25, -0.2) is 9.48 Å². The van der Waals surface area contributed by atoms with Gasteiger partial charge in [0.25, 0.3) is 0 Å². The zero-order chi connectivity index (χ0) is 14.7. The molecule has 0 aromatic carbocycles. The average molecular weight is 289 g/mol. The molecule has 2 aromatic heterocycles. The minimum absolute atomic E-state index is 0.0484. The van der Waals surface area contributed by atoms with Gasteiger partial charge in [0.2, 0.25) is 0 Å². The fourth-order valence-electron chi connectivity index (χ4n) is 3.16. The predicted molar refractivity (Wildman–Crippen MR) is 82.6 cm³/mol. The number of likely N-dealkylation sites (N-methyl/N-ethyl adjacent to an activating group) is 1. The number of nitrogens with one attached hydrogen (secondary N) is 1. The highest BCUT2D eigenvalue weighted by molar-refractivity contribution is 5.35. The van der Waals surface area contributed by atoms with Crippen LogP contribution in [0.5, 0.6) is 0 Å². The van der Waals surface area contributed by atoms with E-state index in [2.05, 4.69) is 15.3 Å². The van der Waals surface area contributed by atoms with Gasteiger partial charge in [0.1, 0.15) is 0 Å². The maximum atomic E-state index is 12.2. The Morgan fingerprint density at radius 3 is 3.05 bits per heavy atom. The van der Waals surface area contributed by atoms with Crippen LogP contribution in [-0.2, 0) is 6.54 Å². The van der Waals surface area contributed by atoms with E-state index in [1.165, 1.54) is 19.3 Å². The van der Waals surface area contributed by atoms with E-state index in [1.807, 2.05) is 25.2 Å². The van der Waals surface area contributed by atoms with Gasteiger partial charge in [-0.15, -0.1) is 5.10 Å². The molecule has 114 valence electrons. The smallest absolute Gasteiger partial charge is 0.318 e. The van der Waals surface area contributed by atoms with Crippen LogP contribution in [0, 0.1) is 0 Å². The molecule has 1 aliphatic heterocycles. The van der Waals surface area contributed by atoms with Crippen LogP contribution in [0.25, 0.3) is 5.65 Å². The average Bonchev–Trinajstić information content (AvgIpc) is 2.84. The van der Waals surface area contributed by atoms with Crippen LogP contribution in [0.1, 0.15) is 19.3 Å². The van der Waals surface area contributed by atoms with E-state index in [-0.39, 0.29) is 5.69 Å². The van der Waals surface area contributed by atoms with Gasteiger partial charge in [-0.05, 0) is 38.6 Å². The lowest BCUT2D eigenvalue weighted by molar-refractivity contribution is 0.140. The first-order valence-corrected chi connectivity index (χ1v) is 7.72. The molecule has 0 saturated carbocycles. The van der Waals surface area contributed by atoms with E-state index >= 15 is 0 Å². The molecular weight excluding hydrogens is 266 g/mol. The van der Waals surface area contributed by atoms with Crippen molar-refractivity contribution in [2.24, 2.45) is 0 Å². The van der Waals surface area contributed by atoms with E-state index in [4.69, 9.17) is 0 Å². The van der Waals surface area contributed by atoms with Crippen molar-refractivity contribution in [3.8, 4) is 0 Å². The minimum atomic E-state index is -0.0484. The Labute approximate surface area is 124 Å². The van der Waals surface area contributed by atoms with E-state index < -0.39 is 0 Å². The number of pyridine rings is 1. The molecule has 0 spiro atoms. The molecular formula is C15H23N5O. The van der Waals surface area contributed by atoms with E-state index in [1.54, 1.807) is 15.3 Å². The summed E-state index contributed by atoms with van der Waals surface area (Å²) in [5.74, 6) is 0. The molecule has 1 atom stereocenters. The second-order valence-electron chi connectivity index (χ2n) is 5.68. The number of likely N-dealkylation sites (tertiary alicyclic amines) is 1. The molecule has 6 nitrogen and oxygen atoms in total. The van der Waals surface area contributed by atoms with Crippen LogP contribution in [0.4, 0.5) is 0 Å². The third-order valence-corrected chi connectivity index (χ3v) is 4.28. The van der Waals surface area contributed by atoms with Gasteiger partial charge in [-0.3, -0.25) is 9.30 Å². The quantitative estimate of drug-likeness (QED) is 0.874. The first-order valence-electron chi connectivity index (χ1n) is 7.72. The Kier molecular flexibility index (Phi) is 4.36. The molecule has 21 heavy (non-hydrogen) atoms. The summed E-state index contributed by atoms with van der Waals surface area (Å²) in [4.78, 5) is 14.7. The van der Waals surface area contributed by atoms with Crippen molar-refractivity contribution in [2.45, 2.75) is 31.8 Å². The summed E-state index contributed by atoms with van der Waals surface area (Å²) in [6.07, 6.45) is 5.56. The summed E-state index contributed by atoms with van der Waals surface area (Å²) < 4.78 is 3.18. The van der Waals surface area contributed by atoms with Crippen molar-refractivity contribution in [3.63, 3.8) is 0 Å². The molecule has 1 saturated heterocycles. The van der Waals surface area contributed by atoms with Crippen molar-refractivity contribution in [1.29, 1.82) is 0 Å². The molecule has 1 fully saturated rings. The number of nitrogens with zero attached hydrogens (tertiary/aromatic N) is 4. The van der Waals surface area contributed by atoms with Gasteiger partial charge in [-0.1, -0.05) is 12.5 Å².